The monoisotopic (exact) mass is 309 g/mol. The van der Waals surface area contributed by atoms with Crippen molar-refractivity contribution in [3.8, 4) is 0 Å². The van der Waals surface area contributed by atoms with Gasteiger partial charge in [-0.15, -0.1) is 0 Å². The van der Waals surface area contributed by atoms with Crippen LogP contribution in [0.2, 0.25) is 0 Å². The lowest BCUT2D eigenvalue weighted by atomic mass is 10.4. The standard InChI is InChI=1S/C9H12INOS/c10-8-5-9(12-7-8)6-11-1-3-13-4-2-11/h5,7H,1-4,6H2. The third-order valence-electron chi connectivity index (χ3n) is 2.10. The smallest absolute Gasteiger partial charge is 0.118 e. The Balaban J connectivity index is 1.89. The van der Waals surface area contributed by atoms with Crippen molar-refractivity contribution in [2.24, 2.45) is 0 Å². The summed E-state index contributed by atoms with van der Waals surface area (Å²) in [6, 6.07) is 2.11. The Kier molecular flexibility index (Phi) is 3.57. The van der Waals surface area contributed by atoms with Crippen LogP contribution in [0.1, 0.15) is 5.76 Å². The summed E-state index contributed by atoms with van der Waals surface area (Å²) in [5, 5.41) is 0. The maximum atomic E-state index is 5.41. The van der Waals surface area contributed by atoms with Crippen molar-refractivity contribution in [3.05, 3.63) is 21.7 Å². The number of rotatable bonds is 2. The van der Waals surface area contributed by atoms with Gasteiger partial charge in [-0.3, -0.25) is 4.90 Å². The third kappa shape index (κ3) is 2.89. The van der Waals surface area contributed by atoms with E-state index in [-0.39, 0.29) is 0 Å². The molecule has 0 aliphatic carbocycles. The number of thioether (sulfide) groups is 1. The largest absolute Gasteiger partial charge is 0.467 e. The molecule has 2 nitrogen and oxygen atoms in total. The first kappa shape index (κ1) is 9.86. The molecule has 1 fully saturated rings. The van der Waals surface area contributed by atoms with Crippen LogP contribution in [0.15, 0.2) is 16.7 Å². The van der Waals surface area contributed by atoms with Gasteiger partial charge in [0.25, 0.3) is 0 Å². The van der Waals surface area contributed by atoms with Crippen molar-refractivity contribution < 1.29 is 4.42 Å². The average Bonchev–Trinajstić information content (AvgIpc) is 2.53. The van der Waals surface area contributed by atoms with Crippen LogP contribution in [0.25, 0.3) is 0 Å². The van der Waals surface area contributed by atoms with Crippen LogP contribution in [0.3, 0.4) is 0 Å². The molecule has 72 valence electrons. The van der Waals surface area contributed by atoms with Gasteiger partial charge >= 0.3 is 0 Å². The first-order valence-corrected chi connectivity index (χ1v) is 6.61. The van der Waals surface area contributed by atoms with Gasteiger partial charge in [0.15, 0.2) is 0 Å². The van der Waals surface area contributed by atoms with Crippen molar-refractivity contribution in [1.82, 2.24) is 4.90 Å². The van der Waals surface area contributed by atoms with E-state index in [9.17, 15) is 0 Å². The Morgan fingerprint density at radius 3 is 2.85 bits per heavy atom. The molecule has 0 unspecified atom stereocenters. The molecule has 0 bridgehead atoms. The summed E-state index contributed by atoms with van der Waals surface area (Å²) in [6.07, 6.45) is 1.81. The number of halogens is 1. The van der Waals surface area contributed by atoms with E-state index in [1.165, 1.54) is 28.2 Å². The summed E-state index contributed by atoms with van der Waals surface area (Å²) < 4.78 is 6.60. The molecule has 1 aromatic rings. The number of hydrogen-bond acceptors (Lipinski definition) is 3. The second-order valence-electron chi connectivity index (χ2n) is 3.12. The predicted octanol–water partition coefficient (Wildman–Crippen LogP) is 2.43. The van der Waals surface area contributed by atoms with Gasteiger partial charge in [0.1, 0.15) is 12.0 Å². The SMILES string of the molecule is Ic1coc(CN2CCSCC2)c1. The molecule has 0 aromatic carbocycles. The van der Waals surface area contributed by atoms with Crippen LogP contribution in [0.5, 0.6) is 0 Å². The van der Waals surface area contributed by atoms with Gasteiger partial charge in [-0.25, -0.2) is 0 Å². The highest BCUT2D eigenvalue weighted by molar-refractivity contribution is 14.1. The number of nitrogens with zero attached hydrogens (tertiary/aromatic N) is 1. The first-order valence-electron chi connectivity index (χ1n) is 4.37. The number of hydrogen-bond donors (Lipinski definition) is 0. The Morgan fingerprint density at radius 1 is 1.46 bits per heavy atom. The molecular weight excluding hydrogens is 297 g/mol. The maximum Gasteiger partial charge on any atom is 0.118 e. The predicted molar refractivity (Wildman–Crippen MR) is 64.0 cm³/mol. The topological polar surface area (TPSA) is 16.4 Å². The molecule has 1 aliphatic rings. The van der Waals surface area contributed by atoms with E-state index in [0.717, 1.165) is 12.3 Å². The summed E-state index contributed by atoms with van der Waals surface area (Å²) in [7, 11) is 0. The second-order valence-corrected chi connectivity index (χ2v) is 5.59. The minimum Gasteiger partial charge on any atom is -0.467 e. The molecule has 0 atom stereocenters. The fourth-order valence-corrected chi connectivity index (χ4v) is 2.87. The first-order chi connectivity index (χ1) is 6.34. The maximum absolute atomic E-state index is 5.41. The average molecular weight is 309 g/mol. The van der Waals surface area contributed by atoms with E-state index in [1.807, 2.05) is 18.0 Å². The van der Waals surface area contributed by atoms with Gasteiger partial charge in [-0.2, -0.15) is 11.8 Å². The Morgan fingerprint density at radius 2 is 2.23 bits per heavy atom. The Labute approximate surface area is 96.2 Å². The molecular formula is C9H12INOS. The molecule has 2 heterocycles. The van der Waals surface area contributed by atoms with Gasteiger partial charge in [0.05, 0.1) is 10.1 Å². The van der Waals surface area contributed by atoms with Crippen molar-refractivity contribution in [1.29, 1.82) is 0 Å². The zero-order valence-corrected chi connectivity index (χ0v) is 10.3. The van der Waals surface area contributed by atoms with Gasteiger partial charge in [-0.1, -0.05) is 0 Å². The highest BCUT2D eigenvalue weighted by Crippen LogP contribution is 2.15. The molecule has 1 aromatic heterocycles. The highest BCUT2D eigenvalue weighted by atomic mass is 127. The van der Waals surface area contributed by atoms with E-state index in [2.05, 4.69) is 33.6 Å². The zero-order chi connectivity index (χ0) is 9.10. The highest BCUT2D eigenvalue weighted by Gasteiger charge is 2.12. The van der Waals surface area contributed by atoms with Gasteiger partial charge in [0, 0.05) is 24.6 Å². The lowest BCUT2D eigenvalue weighted by molar-refractivity contribution is 0.268. The summed E-state index contributed by atoms with van der Waals surface area (Å²) in [6.45, 7) is 3.37. The second kappa shape index (κ2) is 4.70. The minimum absolute atomic E-state index is 0.976. The molecule has 0 spiro atoms. The van der Waals surface area contributed by atoms with Crippen molar-refractivity contribution >= 4 is 34.4 Å². The molecule has 0 saturated carbocycles. The molecule has 0 N–H and O–H groups in total. The van der Waals surface area contributed by atoms with E-state index < -0.39 is 0 Å². The summed E-state index contributed by atoms with van der Waals surface area (Å²) in [5.41, 5.74) is 0. The van der Waals surface area contributed by atoms with Gasteiger partial charge in [-0.05, 0) is 28.7 Å². The molecule has 1 aliphatic heterocycles. The fraction of sp³-hybridized carbons (Fsp3) is 0.556. The van der Waals surface area contributed by atoms with Crippen LogP contribution < -0.4 is 0 Å². The zero-order valence-electron chi connectivity index (χ0n) is 7.33. The van der Waals surface area contributed by atoms with Crippen molar-refractivity contribution in [3.63, 3.8) is 0 Å². The lowest BCUT2D eigenvalue weighted by Gasteiger charge is -2.24. The van der Waals surface area contributed by atoms with E-state index in [1.54, 1.807) is 0 Å². The number of furan rings is 1. The lowest BCUT2D eigenvalue weighted by Crippen LogP contribution is -2.31. The summed E-state index contributed by atoms with van der Waals surface area (Å²) in [5.74, 6) is 3.62. The normalized spacial score (nSPS) is 19.2. The van der Waals surface area contributed by atoms with Crippen LogP contribution in [0, 0.1) is 3.57 Å². The molecule has 4 heteroatoms. The van der Waals surface area contributed by atoms with E-state index >= 15 is 0 Å². The molecule has 0 amide bonds. The summed E-state index contributed by atoms with van der Waals surface area (Å²) in [4.78, 5) is 2.45. The molecule has 1 saturated heterocycles. The summed E-state index contributed by atoms with van der Waals surface area (Å²) >= 11 is 4.32. The van der Waals surface area contributed by atoms with E-state index in [0.29, 0.717) is 0 Å². The van der Waals surface area contributed by atoms with Gasteiger partial charge in [0.2, 0.25) is 0 Å². The minimum atomic E-state index is 0.976. The fourth-order valence-electron chi connectivity index (χ4n) is 1.42. The van der Waals surface area contributed by atoms with E-state index in [4.69, 9.17) is 4.42 Å². The van der Waals surface area contributed by atoms with Crippen molar-refractivity contribution in [2.45, 2.75) is 6.54 Å². The van der Waals surface area contributed by atoms with Crippen LogP contribution in [-0.2, 0) is 6.54 Å². The quantitative estimate of drug-likeness (QED) is 0.781. The van der Waals surface area contributed by atoms with Crippen LogP contribution >= 0.6 is 34.4 Å². The van der Waals surface area contributed by atoms with Crippen LogP contribution in [-0.4, -0.2) is 29.5 Å². The van der Waals surface area contributed by atoms with Crippen LogP contribution in [0.4, 0.5) is 0 Å². The Hall–Kier alpha value is 0.320. The third-order valence-corrected chi connectivity index (χ3v) is 3.61. The molecule has 0 radical (unpaired) electrons. The van der Waals surface area contributed by atoms with Crippen molar-refractivity contribution in [2.75, 3.05) is 24.6 Å². The van der Waals surface area contributed by atoms with Gasteiger partial charge < -0.3 is 4.42 Å². The molecule has 13 heavy (non-hydrogen) atoms. The Bertz CT molecular complexity index is 270. The molecule has 2 rings (SSSR count).